The SMILES string of the molecule is CSC1COC(/C=C/C=C/c2ccc(S(=O)(F)=C(F)F)cc2)OC1. The maximum atomic E-state index is 13.3. The van der Waals surface area contributed by atoms with Crippen LogP contribution < -0.4 is 0 Å². The van der Waals surface area contributed by atoms with Crippen LogP contribution in [0.15, 0.2) is 47.4 Å². The highest BCUT2D eigenvalue weighted by Crippen LogP contribution is 2.18. The van der Waals surface area contributed by atoms with Gasteiger partial charge in [0.25, 0.3) is 0 Å². The summed E-state index contributed by atoms with van der Waals surface area (Å²) in [7, 11) is -4.88. The lowest BCUT2D eigenvalue weighted by molar-refractivity contribution is -0.146. The molecule has 0 radical (unpaired) electrons. The van der Waals surface area contributed by atoms with E-state index in [1.807, 2.05) is 6.26 Å². The van der Waals surface area contributed by atoms with Gasteiger partial charge in [-0.1, -0.05) is 30.4 Å². The normalized spacial score (nSPS) is 24.3. The molecule has 1 heterocycles. The second-order valence-electron chi connectivity index (χ2n) is 4.92. The third-order valence-electron chi connectivity index (χ3n) is 3.28. The van der Waals surface area contributed by atoms with E-state index in [4.69, 9.17) is 9.47 Å². The van der Waals surface area contributed by atoms with Gasteiger partial charge in [-0.25, -0.2) is 4.21 Å². The van der Waals surface area contributed by atoms with Crippen LogP contribution in [-0.2, 0) is 19.4 Å². The first-order chi connectivity index (χ1) is 11.4. The van der Waals surface area contributed by atoms with Crippen LogP contribution in [0.2, 0.25) is 0 Å². The molecule has 0 aromatic heterocycles. The minimum atomic E-state index is -4.88. The molecule has 1 unspecified atom stereocenters. The highest BCUT2D eigenvalue weighted by atomic mass is 32.2. The molecule has 2 rings (SSSR count). The number of ether oxygens (including phenoxy) is 2. The molecular weight excluding hydrogens is 361 g/mol. The molecule has 8 heteroatoms. The molecule has 132 valence electrons. The van der Waals surface area contributed by atoms with E-state index in [-0.39, 0.29) is 6.29 Å². The van der Waals surface area contributed by atoms with Gasteiger partial charge in [-0.2, -0.15) is 20.5 Å². The second-order valence-corrected chi connectivity index (χ2v) is 7.81. The standard InChI is InChI=1S/C16H17F3O3S2/c1-23-13-10-21-15(22-11-13)5-3-2-4-12-6-8-14(9-7-12)24(19,20)16(17)18/h2-9,13,15H,10-11H2,1H3/b4-2+,5-3+. The van der Waals surface area contributed by atoms with Crippen LogP contribution >= 0.6 is 11.8 Å². The zero-order chi connectivity index (χ0) is 17.6. The topological polar surface area (TPSA) is 35.5 Å². The highest BCUT2D eigenvalue weighted by Gasteiger charge is 2.19. The van der Waals surface area contributed by atoms with Crippen molar-refractivity contribution < 1.29 is 26.3 Å². The molecule has 24 heavy (non-hydrogen) atoms. The van der Waals surface area contributed by atoms with Crippen molar-refractivity contribution in [3.63, 3.8) is 0 Å². The fourth-order valence-electron chi connectivity index (χ4n) is 1.91. The summed E-state index contributed by atoms with van der Waals surface area (Å²) in [6.45, 7) is 1.26. The molecule has 0 aliphatic carbocycles. The van der Waals surface area contributed by atoms with Gasteiger partial charge in [0.2, 0.25) is 9.91 Å². The van der Waals surface area contributed by atoms with Crippen LogP contribution in [0, 0.1) is 0 Å². The fraction of sp³-hybridized carbons (Fsp3) is 0.312. The minimum absolute atomic E-state index is 0.348. The zero-order valence-electron chi connectivity index (χ0n) is 12.9. The molecule has 1 atom stereocenters. The summed E-state index contributed by atoms with van der Waals surface area (Å²) >= 11 is 1.69. The van der Waals surface area contributed by atoms with Crippen molar-refractivity contribution in [2.45, 2.75) is 16.4 Å². The molecule has 1 aliphatic heterocycles. The van der Waals surface area contributed by atoms with Gasteiger partial charge in [-0.05, 0) is 30.0 Å². The molecule has 1 fully saturated rings. The predicted octanol–water partition coefficient (Wildman–Crippen LogP) is 3.91. The lowest BCUT2D eigenvalue weighted by Crippen LogP contribution is -2.32. The summed E-state index contributed by atoms with van der Waals surface area (Å²) in [4.78, 5) is -0.539. The lowest BCUT2D eigenvalue weighted by atomic mass is 10.2. The van der Waals surface area contributed by atoms with E-state index >= 15 is 0 Å². The van der Waals surface area contributed by atoms with Crippen molar-refractivity contribution in [3.8, 4) is 0 Å². The van der Waals surface area contributed by atoms with Gasteiger partial charge in [-0.15, -0.1) is 3.89 Å². The Morgan fingerprint density at radius 3 is 2.38 bits per heavy atom. The molecule has 1 aromatic rings. The Morgan fingerprint density at radius 2 is 1.83 bits per heavy atom. The maximum absolute atomic E-state index is 13.3. The van der Waals surface area contributed by atoms with E-state index in [1.54, 1.807) is 36.1 Å². The fourth-order valence-corrected chi connectivity index (χ4v) is 3.01. The number of halogens is 3. The van der Waals surface area contributed by atoms with E-state index < -0.39 is 20.2 Å². The van der Waals surface area contributed by atoms with Crippen LogP contribution in [0.1, 0.15) is 5.56 Å². The van der Waals surface area contributed by atoms with E-state index in [9.17, 15) is 16.9 Å². The second kappa shape index (κ2) is 8.75. The van der Waals surface area contributed by atoms with E-state index in [0.29, 0.717) is 24.0 Å². The number of benzene rings is 1. The van der Waals surface area contributed by atoms with Crippen LogP contribution in [0.25, 0.3) is 6.08 Å². The molecule has 1 aliphatic rings. The average Bonchev–Trinajstić information content (AvgIpc) is 2.59. The number of hydrogen-bond donors (Lipinski definition) is 0. The largest absolute Gasteiger partial charge is 0.355 e. The Kier molecular flexibility index (Phi) is 6.97. The van der Waals surface area contributed by atoms with Crippen molar-refractivity contribution in [1.29, 1.82) is 0 Å². The molecule has 0 saturated carbocycles. The van der Waals surface area contributed by atoms with Crippen LogP contribution in [-0.4, -0.2) is 40.6 Å². The molecule has 0 spiro atoms. The molecular formula is C16H17F3O3S2. The molecule has 1 saturated heterocycles. The number of hydrogen-bond acceptors (Lipinski definition) is 4. The Balaban J connectivity index is 1.92. The monoisotopic (exact) mass is 378 g/mol. The van der Waals surface area contributed by atoms with Crippen molar-refractivity contribution >= 4 is 33.1 Å². The molecule has 3 nitrogen and oxygen atoms in total. The van der Waals surface area contributed by atoms with E-state index in [0.717, 1.165) is 12.1 Å². The highest BCUT2D eigenvalue weighted by molar-refractivity contribution is 7.99. The zero-order valence-corrected chi connectivity index (χ0v) is 14.5. The molecule has 0 bridgehead atoms. The minimum Gasteiger partial charge on any atom is -0.348 e. The maximum Gasteiger partial charge on any atom is 0.355 e. The number of rotatable bonds is 5. The van der Waals surface area contributed by atoms with E-state index in [2.05, 4.69) is 0 Å². The third kappa shape index (κ3) is 5.14. The molecule has 0 amide bonds. The first kappa shape index (κ1) is 19.1. The lowest BCUT2D eigenvalue weighted by Gasteiger charge is -2.26. The van der Waals surface area contributed by atoms with E-state index in [1.165, 1.54) is 12.1 Å². The van der Waals surface area contributed by atoms with Gasteiger partial charge in [0.1, 0.15) is 0 Å². The first-order valence-corrected chi connectivity index (χ1v) is 9.81. The molecule has 1 aromatic carbocycles. The van der Waals surface area contributed by atoms with Gasteiger partial charge < -0.3 is 9.47 Å². The van der Waals surface area contributed by atoms with Gasteiger partial charge in [0.15, 0.2) is 6.29 Å². The van der Waals surface area contributed by atoms with Crippen LogP contribution in [0.3, 0.4) is 0 Å². The summed E-state index contributed by atoms with van der Waals surface area (Å²) in [5, 5.41) is -2.37. The number of allylic oxidation sites excluding steroid dienone is 2. The summed E-state index contributed by atoms with van der Waals surface area (Å²) < 4.78 is 60.1. The first-order valence-electron chi connectivity index (χ1n) is 7.06. The smallest absolute Gasteiger partial charge is 0.348 e. The van der Waals surface area contributed by atoms with Crippen LogP contribution in [0.4, 0.5) is 12.7 Å². The summed E-state index contributed by atoms with van der Waals surface area (Å²) in [6, 6.07) is 5.00. The van der Waals surface area contributed by atoms with Crippen LogP contribution in [0.5, 0.6) is 0 Å². The molecule has 0 N–H and O–H groups in total. The average molecular weight is 378 g/mol. The Hall–Kier alpha value is -1.22. The summed E-state index contributed by atoms with van der Waals surface area (Å²) in [5.74, 6) is 0. The van der Waals surface area contributed by atoms with Gasteiger partial charge in [0.05, 0.1) is 23.4 Å². The van der Waals surface area contributed by atoms with Gasteiger partial charge >= 0.3 is 5.37 Å². The van der Waals surface area contributed by atoms with Crippen molar-refractivity contribution in [2.75, 3.05) is 19.5 Å². The van der Waals surface area contributed by atoms with Crippen molar-refractivity contribution in [3.05, 3.63) is 48.1 Å². The van der Waals surface area contributed by atoms with Gasteiger partial charge in [-0.3, -0.25) is 0 Å². The summed E-state index contributed by atoms with van der Waals surface area (Å²) in [6.07, 6.45) is 8.53. The van der Waals surface area contributed by atoms with Crippen molar-refractivity contribution in [2.24, 2.45) is 0 Å². The third-order valence-corrected chi connectivity index (χ3v) is 5.49. The quantitative estimate of drug-likeness (QED) is 0.442. The predicted molar refractivity (Wildman–Crippen MR) is 92.4 cm³/mol. The Bertz CT molecular complexity index is 711. The van der Waals surface area contributed by atoms with Crippen molar-refractivity contribution in [1.82, 2.24) is 0 Å². The Morgan fingerprint density at radius 1 is 1.21 bits per heavy atom. The Labute approximate surface area is 143 Å². The summed E-state index contributed by atoms with van der Waals surface area (Å²) in [5.41, 5.74) is 0.658. The van der Waals surface area contributed by atoms with Gasteiger partial charge in [0, 0.05) is 0 Å². The number of thioether (sulfide) groups is 1.